The van der Waals surface area contributed by atoms with Gasteiger partial charge in [-0.05, 0) is 12.8 Å². The van der Waals surface area contributed by atoms with Gasteiger partial charge in [0, 0.05) is 6.42 Å². The third kappa shape index (κ3) is 3.85. The molecule has 1 aliphatic rings. The smallest absolute Gasteiger partial charge is 0.141 e. The quantitative estimate of drug-likeness (QED) is 0.426. The number of quaternary nitrogens is 1. The molecular weight excluding hydrogens is 265 g/mol. The van der Waals surface area contributed by atoms with Crippen molar-refractivity contribution in [1.82, 2.24) is 0 Å². The van der Waals surface area contributed by atoms with Gasteiger partial charge in [-0.25, -0.2) is 0 Å². The minimum absolute atomic E-state index is 0. The van der Waals surface area contributed by atoms with E-state index in [1.165, 1.54) is 0 Å². The SMILES string of the molecule is C[N+](C)(C)CC1CCCC1=O.[I-]. The van der Waals surface area contributed by atoms with Gasteiger partial charge in [-0.1, -0.05) is 0 Å². The second-order valence-electron chi connectivity index (χ2n) is 4.53. The number of hydrogen-bond acceptors (Lipinski definition) is 1. The van der Waals surface area contributed by atoms with Gasteiger partial charge in [0.15, 0.2) is 0 Å². The number of carbonyl (C=O) groups is 1. The van der Waals surface area contributed by atoms with E-state index in [0.717, 1.165) is 30.3 Å². The minimum Gasteiger partial charge on any atom is -1.00 e. The van der Waals surface area contributed by atoms with Crippen LogP contribution in [0, 0.1) is 5.92 Å². The summed E-state index contributed by atoms with van der Waals surface area (Å²) in [5.41, 5.74) is 0. The van der Waals surface area contributed by atoms with Crippen molar-refractivity contribution in [3.63, 3.8) is 0 Å². The molecule has 72 valence electrons. The fourth-order valence-electron chi connectivity index (χ4n) is 1.74. The molecule has 0 aliphatic heterocycles. The fraction of sp³-hybridized carbons (Fsp3) is 0.889. The standard InChI is InChI=1S/C9H18NO.HI/c1-10(2,3)7-8-5-4-6-9(8)11;/h8H,4-7H2,1-3H3;1H/q+1;/p-1. The van der Waals surface area contributed by atoms with Crippen molar-refractivity contribution in [1.29, 1.82) is 0 Å². The maximum Gasteiger partial charge on any atom is 0.141 e. The van der Waals surface area contributed by atoms with E-state index in [9.17, 15) is 4.79 Å². The van der Waals surface area contributed by atoms with Crippen LogP contribution in [0.2, 0.25) is 0 Å². The maximum absolute atomic E-state index is 11.2. The Kier molecular flexibility index (Phi) is 4.69. The van der Waals surface area contributed by atoms with Crippen LogP contribution in [-0.4, -0.2) is 38.0 Å². The van der Waals surface area contributed by atoms with E-state index in [4.69, 9.17) is 0 Å². The summed E-state index contributed by atoms with van der Waals surface area (Å²) in [6.07, 6.45) is 3.06. The molecular formula is C9H18INO. The third-order valence-electron chi connectivity index (χ3n) is 2.20. The maximum atomic E-state index is 11.2. The molecule has 0 radical (unpaired) electrons. The number of nitrogens with zero attached hydrogens (tertiary/aromatic N) is 1. The summed E-state index contributed by atoms with van der Waals surface area (Å²) in [6.45, 7) is 1.01. The Balaban J connectivity index is 0.00000121. The van der Waals surface area contributed by atoms with Gasteiger partial charge >= 0.3 is 0 Å². The molecule has 1 fully saturated rings. The lowest BCUT2D eigenvalue weighted by atomic mass is 10.1. The normalized spacial score (nSPS) is 23.9. The summed E-state index contributed by atoms with van der Waals surface area (Å²) in [7, 11) is 6.43. The Hall–Kier alpha value is 0.360. The summed E-state index contributed by atoms with van der Waals surface area (Å²) in [5, 5.41) is 0. The number of ketones is 1. The molecule has 0 bridgehead atoms. The molecule has 1 rings (SSSR count). The molecule has 0 aromatic rings. The van der Waals surface area contributed by atoms with E-state index in [-0.39, 0.29) is 24.0 Å². The Morgan fingerprint density at radius 3 is 2.33 bits per heavy atom. The number of carbonyl (C=O) groups excluding carboxylic acids is 1. The predicted octanol–water partition coefficient (Wildman–Crippen LogP) is -1.93. The number of Topliss-reactive ketones (excluding diaryl/α,β-unsaturated/α-hetero) is 1. The number of hydrogen-bond donors (Lipinski definition) is 0. The second-order valence-corrected chi connectivity index (χ2v) is 4.53. The zero-order valence-corrected chi connectivity index (χ0v) is 10.3. The van der Waals surface area contributed by atoms with Crippen LogP contribution in [0.1, 0.15) is 19.3 Å². The largest absolute Gasteiger partial charge is 1.00 e. The van der Waals surface area contributed by atoms with E-state index in [1.54, 1.807) is 0 Å². The van der Waals surface area contributed by atoms with Crippen LogP contribution >= 0.6 is 0 Å². The first-order valence-corrected chi connectivity index (χ1v) is 4.32. The summed E-state index contributed by atoms with van der Waals surface area (Å²) < 4.78 is 0.913. The molecule has 0 saturated heterocycles. The Morgan fingerprint density at radius 1 is 1.42 bits per heavy atom. The van der Waals surface area contributed by atoms with Crippen LogP contribution in [0.15, 0.2) is 0 Å². The average Bonchev–Trinajstić information content (AvgIpc) is 2.12. The second kappa shape index (κ2) is 4.56. The molecule has 0 aromatic heterocycles. The lowest BCUT2D eigenvalue weighted by Gasteiger charge is -2.26. The highest BCUT2D eigenvalue weighted by Gasteiger charge is 2.28. The van der Waals surface area contributed by atoms with Gasteiger partial charge in [0.1, 0.15) is 5.78 Å². The summed E-state index contributed by atoms with van der Waals surface area (Å²) in [6, 6.07) is 0. The monoisotopic (exact) mass is 283 g/mol. The third-order valence-corrected chi connectivity index (χ3v) is 2.20. The lowest BCUT2D eigenvalue weighted by Crippen LogP contribution is -3.00. The van der Waals surface area contributed by atoms with Crippen LogP contribution in [-0.2, 0) is 4.79 Å². The topological polar surface area (TPSA) is 17.1 Å². The zero-order valence-electron chi connectivity index (χ0n) is 8.14. The van der Waals surface area contributed by atoms with Crippen molar-refractivity contribution in [2.24, 2.45) is 5.92 Å². The Bertz CT molecular complexity index is 162. The summed E-state index contributed by atoms with van der Waals surface area (Å²) >= 11 is 0. The van der Waals surface area contributed by atoms with E-state index in [1.807, 2.05) is 0 Å². The summed E-state index contributed by atoms with van der Waals surface area (Å²) in [5.74, 6) is 0.841. The molecule has 3 heteroatoms. The fourth-order valence-corrected chi connectivity index (χ4v) is 1.74. The predicted molar refractivity (Wildman–Crippen MR) is 45.2 cm³/mol. The molecule has 1 unspecified atom stereocenters. The van der Waals surface area contributed by atoms with Crippen molar-refractivity contribution in [3.8, 4) is 0 Å². The van der Waals surface area contributed by atoms with Crippen LogP contribution in [0.25, 0.3) is 0 Å². The van der Waals surface area contributed by atoms with Crippen molar-refractivity contribution in [2.45, 2.75) is 19.3 Å². The van der Waals surface area contributed by atoms with Crippen molar-refractivity contribution < 1.29 is 33.3 Å². The van der Waals surface area contributed by atoms with Gasteiger partial charge in [0.05, 0.1) is 33.6 Å². The Labute approximate surface area is 91.9 Å². The lowest BCUT2D eigenvalue weighted by molar-refractivity contribution is -0.872. The van der Waals surface area contributed by atoms with Crippen LogP contribution in [0.3, 0.4) is 0 Å². The molecule has 0 N–H and O–H groups in total. The molecule has 0 aromatic carbocycles. The van der Waals surface area contributed by atoms with E-state index in [0.29, 0.717) is 11.7 Å². The van der Waals surface area contributed by atoms with Gasteiger partial charge in [0.2, 0.25) is 0 Å². The molecule has 12 heavy (non-hydrogen) atoms. The summed E-state index contributed by atoms with van der Waals surface area (Å²) in [4.78, 5) is 11.2. The van der Waals surface area contributed by atoms with Crippen molar-refractivity contribution in [3.05, 3.63) is 0 Å². The highest BCUT2D eigenvalue weighted by atomic mass is 127. The Morgan fingerprint density at radius 2 is 2.00 bits per heavy atom. The van der Waals surface area contributed by atoms with Gasteiger partial charge in [-0.15, -0.1) is 0 Å². The van der Waals surface area contributed by atoms with E-state index >= 15 is 0 Å². The minimum atomic E-state index is 0. The zero-order chi connectivity index (χ0) is 8.48. The molecule has 1 aliphatic carbocycles. The van der Waals surface area contributed by atoms with E-state index < -0.39 is 0 Å². The van der Waals surface area contributed by atoms with Gasteiger partial charge < -0.3 is 28.5 Å². The van der Waals surface area contributed by atoms with E-state index in [2.05, 4.69) is 21.1 Å². The highest BCUT2D eigenvalue weighted by Crippen LogP contribution is 2.22. The first-order chi connectivity index (χ1) is 4.99. The van der Waals surface area contributed by atoms with Crippen LogP contribution in [0.4, 0.5) is 0 Å². The number of halogens is 1. The average molecular weight is 283 g/mol. The molecule has 0 heterocycles. The molecule has 2 nitrogen and oxygen atoms in total. The first kappa shape index (κ1) is 12.4. The highest BCUT2D eigenvalue weighted by molar-refractivity contribution is 5.82. The molecule has 1 atom stereocenters. The molecule has 0 amide bonds. The van der Waals surface area contributed by atoms with Gasteiger partial charge in [-0.2, -0.15) is 0 Å². The van der Waals surface area contributed by atoms with Crippen LogP contribution < -0.4 is 24.0 Å². The molecule has 1 saturated carbocycles. The van der Waals surface area contributed by atoms with Crippen molar-refractivity contribution >= 4 is 5.78 Å². The molecule has 0 spiro atoms. The van der Waals surface area contributed by atoms with Crippen LogP contribution in [0.5, 0.6) is 0 Å². The van der Waals surface area contributed by atoms with Gasteiger partial charge in [0.25, 0.3) is 0 Å². The van der Waals surface area contributed by atoms with Crippen molar-refractivity contribution in [2.75, 3.05) is 27.7 Å². The number of rotatable bonds is 2. The van der Waals surface area contributed by atoms with Gasteiger partial charge in [-0.3, -0.25) is 4.79 Å². The first-order valence-electron chi connectivity index (χ1n) is 4.32.